The summed E-state index contributed by atoms with van der Waals surface area (Å²) in [7, 11) is -3.82. The van der Waals surface area contributed by atoms with E-state index >= 15 is 0 Å². The van der Waals surface area contributed by atoms with Crippen LogP contribution in [0.2, 0.25) is 5.02 Å². The molecule has 1 heterocycles. The minimum atomic E-state index is -3.82. The van der Waals surface area contributed by atoms with Crippen LogP contribution in [0.5, 0.6) is 0 Å². The number of hydrogen-bond acceptors (Lipinski definition) is 4. The van der Waals surface area contributed by atoms with Gasteiger partial charge in [0.25, 0.3) is 10.0 Å². The molecule has 0 unspecified atom stereocenters. The maximum absolute atomic E-state index is 12.3. The van der Waals surface area contributed by atoms with Crippen molar-refractivity contribution in [3.63, 3.8) is 0 Å². The predicted molar refractivity (Wildman–Crippen MR) is 79.3 cm³/mol. The topological polar surface area (TPSA) is 101 Å². The highest BCUT2D eigenvalue weighted by molar-refractivity contribution is 7.92. The second-order valence-electron chi connectivity index (χ2n) is 4.65. The number of anilines is 2. The summed E-state index contributed by atoms with van der Waals surface area (Å²) < 4.78 is 26.9. The standard InChI is InChI=1S/C12H15ClN4O2S/c1-7(2)10-6-12(16-15-10)17-20(18,19)11-5-8(13)3-4-9(11)14/h3-7H,14H2,1-2H3,(H2,15,16,17). The molecule has 0 radical (unpaired) electrons. The van der Waals surface area contributed by atoms with Crippen LogP contribution < -0.4 is 10.5 Å². The molecule has 8 heteroatoms. The minimum absolute atomic E-state index is 0.0703. The number of nitrogen functional groups attached to an aromatic ring is 1. The highest BCUT2D eigenvalue weighted by Crippen LogP contribution is 2.25. The van der Waals surface area contributed by atoms with Gasteiger partial charge < -0.3 is 5.73 Å². The Labute approximate surface area is 122 Å². The summed E-state index contributed by atoms with van der Waals surface area (Å²) in [6.07, 6.45) is 0. The van der Waals surface area contributed by atoms with Crippen molar-refractivity contribution in [2.24, 2.45) is 0 Å². The number of nitrogens with two attached hydrogens (primary N) is 1. The lowest BCUT2D eigenvalue weighted by Gasteiger charge is -2.08. The number of benzene rings is 1. The van der Waals surface area contributed by atoms with Crippen molar-refractivity contribution in [2.45, 2.75) is 24.7 Å². The molecule has 108 valence electrons. The largest absolute Gasteiger partial charge is 0.398 e. The van der Waals surface area contributed by atoms with Gasteiger partial charge in [0.1, 0.15) is 4.90 Å². The van der Waals surface area contributed by atoms with Crippen LogP contribution in [0, 0.1) is 0 Å². The van der Waals surface area contributed by atoms with Crippen LogP contribution in [-0.4, -0.2) is 18.6 Å². The summed E-state index contributed by atoms with van der Waals surface area (Å²) in [5, 5.41) is 6.98. The van der Waals surface area contributed by atoms with Gasteiger partial charge in [0.05, 0.1) is 5.69 Å². The van der Waals surface area contributed by atoms with Crippen LogP contribution in [0.3, 0.4) is 0 Å². The molecule has 0 aliphatic heterocycles. The van der Waals surface area contributed by atoms with Gasteiger partial charge in [0.15, 0.2) is 5.82 Å². The second kappa shape index (κ2) is 5.34. The van der Waals surface area contributed by atoms with E-state index in [0.717, 1.165) is 5.69 Å². The van der Waals surface area contributed by atoms with Crippen molar-refractivity contribution >= 4 is 33.1 Å². The van der Waals surface area contributed by atoms with Crippen molar-refractivity contribution in [1.82, 2.24) is 10.2 Å². The number of nitrogens with zero attached hydrogens (tertiary/aromatic N) is 1. The fraction of sp³-hybridized carbons (Fsp3) is 0.250. The number of aromatic amines is 1. The molecule has 0 bridgehead atoms. The molecule has 0 aliphatic carbocycles. The van der Waals surface area contributed by atoms with Crippen LogP contribution in [0.15, 0.2) is 29.2 Å². The summed E-state index contributed by atoms with van der Waals surface area (Å²) in [6.45, 7) is 3.95. The first-order valence-electron chi connectivity index (χ1n) is 5.93. The zero-order valence-corrected chi connectivity index (χ0v) is 12.6. The van der Waals surface area contributed by atoms with Crippen LogP contribution in [0.4, 0.5) is 11.5 Å². The predicted octanol–water partition coefficient (Wildman–Crippen LogP) is 2.57. The average Bonchev–Trinajstić information content (AvgIpc) is 2.80. The first kappa shape index (κ1) is 14.7. The minimum Gasteiger partial charge on any atom is -0.398 e. The maximum atomic E-state index is 12.3. The van der Waals surface area contributed by atoms with E-state index < -0.39 is 10.0 Å². The van der Waals surface area contributed by atoms with Gasteiger partial charge in [-0.3, -0.25) is 9.82 Å². The highest BCUT2D eigenvalue weighted by atomic mass is 35.5. The molecular weight excluding hydrogens is 300 g/mol. The van der Waals surface area contributed by atoms with Crippen molar-refractivity contribution in [2.75, 3.05) is 10.5 Å². The van der Waals surface area contributed by atoms with Gasteiger partial charge in [0.2, 0.25) is 0 Å². The summed E-state index contributed by atoms with van der Waals surface area (Å²) in [5.74, 6) is 0.435. The molecule has 0 amide bonds. The van der Waals surface area contributed by atoms with Crippen molar-refractivity contribution in [3.05, 3.63) is 35.0 Å². The Morgan fingerprint density at radius 1 is 1.35 bits per heavy atom. The first-order valence-corrected chi connectivity index (χ1v) is 7.79. The summed E-state index contributed by atoms with van der Waals surface area (Å²) in [6, 6.07) is 5.92. The quantitative estimate of drug-likeness (QED) is 0.755. The monoisotopic (exact) mass is 314 g/mol. The number of aromatic nitrogens is 2. The molecule has 0 fully saturated rings. The molecule has 1 aromatic heterocycles. The lowest BCUT2D eigenvalue weighted by molar-refractivity contribution is 0.601. The Bertz CT molecular complexity index is 725. The molecule has 0 saturated carbocycles. The molecule has 4 N–H and O–H groups in total. The average molecular weight is 315 g/mol. The van der Waals surface area contributed by atoms with E-state index in [1.54, 1.807) is 6.07 Å². The van der Waals surface area contributed by atoms with E-state index in [1.807, 2.05) is 13.8 Å². The normalized spacial score (nSPS) is 11.8. The molecule has 0 atom stereocenters. The third-order valence-corrected chi connectivity index (χ3v) is 4.37. The van der Waals surface area contributed by atoms with Crippen molar-refractivity contribution in [3.8, 4) is 0 Å². The Hall–Kier alpha value is -1.73. The third-order valence-electron chi connectivity index (χ3n) is 2.72. The fourth-order valence-corrected chi connectivity index (χ4v) is 3.01. The number of nitrogens with one attached hydrogen (secondary N) is 2. The van der Waals surface area contributed by atoms with E-state index in [1.165, 1.54) is 18.2 Å². The van der Waals surface area contributed by atoms with Crippen molar-refractivity contribution in [1.29, 1.82) is 0 Å². The molecule has 0 saturated heterocycles. The lowest BCUT2D eigenvalue weighted by Crippen LogP contribution is -2.15. The number of rotatable bonds is 4. The Balaban J connectivity index is 2.33. The van der Waals surface area contributed by atoms with Crippen LogP contribution in [-0.2, 0) is 10.0 Å². The zero-order valence-electron chi connectivity index (χ0n) is 11.0. The Morgan fingerprint density at radius 3 is 2.65 bits per heavy atom. The van der Waals surface area contributed by atoms with E-state index in [0.29, 0.717) is 5.02 Å². The second-order valence-corrected chi connectivity index (χ2v) is 6.74. The van der Waals surface area contributed by atoms with Gasteiger partial charge in [-0.2, -0.15) is 5.10 Å². The van der Waals surface area contributed by atoms with Crippen LogP contribution >= 0.6 is 11.6 Å². The molecule has 2 aromatic rings. The van der Waals surface area contributed by atoms with Gasteiger partial charge in [0, 0.05) is 16.8 Å². The van der Waals surface area contributed by atoms with E-state index in [2.05, 4.69) is 14.9 Å². The van der Waals surface area contributed by atoms with E-state index in [9.17, 15) is 8.42 Å². The molecule has 20 heavy (non-hydrogen) atoms. The van der Waals surface area contributed by atoms with Crippen molar-refractivity contribution < 1.29 is 8.42 Å². The molecule has 2 rings (SSSR count). The fourth-order valence-electron chi connectivity index (χ4n) is 1.62. The maximum Gasteiger partial charge on any atom is 0.265 e. The molecular formula is C12H15ClN4O2S. The molecule has 0 aliphatic rings. The van der Waals surface area contributed by atoms with Crippen LogP contribution in [0.1, 0.15) is 25.5 Å². The zero-order chi connectivity index (χ0) is 14.9. The highest BCUT2D eigenvalue weighted by Gasteiger charge is 2.19. The van der Waals surface area contributed by atoms with Gasteiger partial charge in [-0.1, -0.05) is 25.4 Å². The lowest BCUT2D eigenvalue weighted by atomic mass is 10.1. The van der Waals surface area contributed by atoms with Crippen LogP contribution in [0.25, 0.3) is 0 Å². The van der Waals surface area contributed by atoms with Gasteiger partial charge in [-0.15, -0.1) is 0 Å². The van der Waals surface area contributed by atoms with E-state index in [-0.39, 0.29) is 22.3 Å². The number of hydrogen-bond donors (Lipinski definition) is 3. The Kier molecular flexibility index (Phi) is 3.92. The summed E-state index contributed by atoms with van der Waals surface area (Å²) in [4.78, 5) is -0.0703. The number of sulfonamides is 1. The SMILES string of the molecule is CC(C)c1cc(NS(=O)(=O)c2cc(Cl)ccc2N)n[nH]1. The molecule has 6 nitrogen and oxygen atoms in total. The van der Waals surface area contributed by atoms with E-state index in [4.69, 9.17) is 17.3 Å². The molecule has 0 spiro atoms. The van der Waals surface area contributed by atoms with Gasteiger partial charge in [-0.05, 0) is 24.1 Å². The molecule has 1 aromatic carbocycles. The summed E-state index contributed by atoms with van der Waals surface area (Å²) >= 11 is 5.80. The van der Waals surface area contributed by atoms with Gasteiger partial charge in [-0.25, -0.2) is 8.42 Å². The number of H-pyrrole nitrogens is 1. The third kappa shape index (κ3) is 3.05. The first-order chi connectivity index (χ1) is 9.29. The summed E-state index contributed by atoms with van der Waals surface area (Å²) in [5.41, 5.74) is 6.64. The number of halogens is 1. The smallest absolute Gasteiger partial charge is 0.265 e. The Morgan fingerprint density at radius 2 is 2.05 bits per heavy atom. The van der Waals surface area contributed by atoms with Gasteiger partial charge >= 0.3 is 0 Å².